The molecule has 126 valence electrons. The molecule has 0 aliphatic carbocycles. The fourth-order valence-corrected chi connectivity index (χ4v) is 3.08. The first kappa shape index (κ1) is 16.4. The van der Waals surface area contributed by atoms with Crippen LogP contribution in [0.4, 0.5) is 0 Å². The van der Waals surface area contributed by atoms with E-state index in [4.69, 9.17) is 4.74 Å². The fourth-order valence-electron chi connectivity index (χ4n) is 3.08. The normalized spacial score (nSPS) is 25.4. The molecule has 0 aromatic heterocycles. The number of β-amino-alcohol motifs (C(OH)–C–C–N with tert-alkyl or cyclic N) is 1. The Hall–Kier alpha value is -1.47. The Morgan fingerprint density at radius 2 is 2.13 bits per heavy atom. The zero-order chi connectivity index (χ0) is 16.1. The number of amides is 1. The molecule has 1 aromatic carbocycles. The summed E-state index contributed by atoms with van der Waals surface area (Å²) in [6.45, 7) is 5.47. The van der Waals surface area contributed by atoms with Crippen molar-refractivity contribution in [3.63, 3.8) is 0 Å². The zero-order valence-electron chi connectivity index (χ0n) is 13.3. The van der Waals surface area contributed by atoms with E-state index in [0.29, 0.717) is 19.5 Å². The SMILES string of the molecule is O=C(NCc1cccc(CN2CCOCC2)c1)C1CC(O)CN1. The lowest BCUT2D eigenvalue weighted by Gasteiger charge is -2.26. The van der Waals surface area contributed by atoms with E-state index in [2.05, 4.69) is 27.7 Å². The van der Waals surface area contributed by atoms with Gasteiger partial charge in [0, 0.05) is 32.7 Å². The molecule has 2 aliphatic rings. The van der Waals surface area contributed by atoms with Crippen LogP contribution in [0, 0.1) is 0 Å². The topological polar surface area (TPSA) is 73.8 Å². The zero-order valence-corrected chi connectivity index (χ0v) is 13.3. The van der Waals surface area contributed by atoms with Crippen LogP contribution in [0.15, 0.2) is 24.3 Å². The Labute approximate surface area is 136 Å². The molecule has 6 heteroatoms. The van der Waals surface area contributed by atoms with Crippen LogP contribution in [0.2, 0.25) is 0 Å². The summed E-state index contributed by atoms with van der Waals surface area (Å²) in [6.07, 6.45) is 0.0747. The third kappa shape index (κ3) is 4.75. The van der Waals surface area contributed by atoms with Crippen LogP contribution in [-0.2, 0) is 22.6 Å². The molecule has 3 N–H and O–H groups in total. The second-order valence-electron chi connectivity index (χ2n) is 6.28. The van der Waals surface area contributed by atoms with Crippen molar-refractivity contribution in [1.29, 1.82) is 0 Å². The predicted molar refractivity (Wildman–Crippen MR) is 86.8 cm³/mol. The number of aliphatic hydroxyl groups excluding tert-OH is 1. The number of nitrogens with zero attached hydrogens (tertiary/aromatic N) is 1. The van der Waals surface area contributed by atoms with Gasteiger partial charge in [-0.3, -0.25) is 9.69 Å². The van der Waals surface area contributed by atoms with E-state index in [9.17, 15) is 9.90 Å². The molecule has 2 heterocycles. The predicted octanol–water partition coefficient (Wildman–Crippen LogP) is -0.142. The average molecular weight is 319 g/mol. The number of carbonyl (C=O) groups excluding carboxylic acids is 1. The van der Waals surface area contributed by atoms with E-state index in [1.54, 1.807) is 0 Å². The summed E-state index contributed by atoms with van der Waals surface area (Å²) in [5.41, 5.74) is 2.36. The summed E-state index contributed by atoms with van der Waals surface area (Å²) in [7, 11) is 0. The molecule has 0 radical (unpaired) electrons. The minimum absolute atomic E-state index is 0.0415. The van der Waals surface area contributed by atoms with Crippen molar-refractivity contribution in [1.82, 2.24) is 15.5 Å². The Morgan fingerprint density at radius 1 is 1.35 bits per heavy atom. The van der Waals surface area contributed by atoms with Gasteiger partial charge in [-0.1, -0.05) is 24.3 Å². The van der Waals surface area contributed by atoms with Gasteiger partial charge >= 0.3 is 0 Å². The van der Waals surface area contributed by atoms with Crippen molar-refractivity contribution < 1.29 is 14.6 Å². The van der Waals surface area contributed by atoms with Crippen molar-refractivity contribution in [2.45, 2.75) is 31.7 Å². The van der Waals surface area contributed by atoms with E-state index in [1.165, 1.54) is 5.56 Å². The second-order valence-corrected chi connectivity index (χ2v) is 6.28. The number of ether oxygens (including phenoxy) is 1. The van der Waals surface area contributed by atoms with Gasteiger partial charge in [0.15, 0.2) is 0 Å². The lowest BCUT2D eigenvalue weighted by atomic mass is 10.1. The standard InChI is InChI=1S/C17H25N3O3/c21-15-9-16(18-11-15)17(22)19-10-13-2-1-3-14(8-13)12-20-4-6-23-7-5-20/h1-3,8,15-16,18,21H,4-7,9-12H2,(H,19,22). The largest absolute Gasteiger partial charge is 0.392 e. The molecule has 2 unspecified atom stereocenters. The Balaban J connectivity index is 1.50. The van der Waals surface area contributed by atoms with Gasteiger partial charge in [-0.05, 0) is 17.5 Å². The lowest BCUT2D eigenvalue weighted by molar-refractivity contribution is -0.123. The monoisotopic (exact) mass is 319 g/mol. The molecule has 6 nitrogen and oxygen atoms in total. The summed E-state index contributed by atoms with van der Waals surface area (Å²) in [6, 6.07) is 8.05. The molecular weight excluding hydrogens is 294 g/mol. The molecule has 2 saturated heterocycles. The summed E-state index contributed by atoms with van der Waals surface area (Å²) < 4.78 is 5.37. The number of hydrogen-bond acceptors (Lipinski definition) is 5. The van der Waals surface area contributed by atoms with E-state index in [-0.39, 0.29) is 11.9 Å². The molecule has 2 fully saturated rings. The summed E-state index contributed by atoms with van der Waals surface area (Å²) in [5, 5.41) is 15.4. The first-order chi connectivity index (χ1) is 11.2. The Kier molecular flexibility index (Phi) is 5.61. The summed E-state index contributed by atoms with van der Waals surface area (Å²) >= 11 is 0. The lowest BCUT2D eigenvalue weighted by Crippen LogP contribution is -2.40. The minimum atomic E-state index is -0.414. The third-order valence-electron chi connectivity index (χ3n) is 4.39. The Morgan fingerprint density at radius 3 is 2.87 bits per heavy atom. The second kappa shape index (κ2) is 7.88. The number of morpholine rings is 1. The first-order valence-electron chi connectivity index (χ1n) is 8.28. The van der Waals surface area contributed by atoms with Gasteiger partial charge in [-0.15, -0.1) is 0 Å². The van der Waals surface area contributed by atoms with Crippen LogP contribution in [-0.4, -0.2) is 60.9 Å². The summed E-state index contributed by atoms with van der Waals surface area (Å²) in [4.78, 5) is 14.4. The molecule has 0 bridgehead atoms. The maximum absolute atomic E-state index is 12.1. The molecule has 0 spiro atoms. The van der Waals surface area contributed by atoms with Gasteiger partial charge in [0.25, 0.3) is 0 Å². The quantitative estimate of drug-likeness (QED) is 0.704. The number of hydrogen-bond donors (Lipinski definition) is 3. The maximum atomic E-state index is 12.1. The van der Waals surface area contributed by atoms with E-state index < -0.39 is 6.10 Å². The van der Waals surface area contributed by atoms with Crippen LogP contribution < -0.4 is 10.6 Å². The molecule has 1 aromatic rings. The van der Waals surface area contributed by atoms with Crippen molar-refractivity contribution >= 4 is 5.91 Å². The van der Waals surface area contributed by atoms with Crippen molar-refractivity contribution in [3.8, 4) is 0 Å². The number of benzene rings is 1. The van der Waals surface area contributed by atoms with Gasteiger partial charge in [-0.2, -0.15) is 0 Å². The van der Waals surface area contributed by atoms with Gasteiger partial charge in [0.2, 0.25) is 5.91 Å². The van der Waals surface area contributed by atoms with E-state index in [1.807, 2.05) is 12.1 Å². The van der Waals surface area contributed by atoms with Crippen LogP contribution in [0.5, 0.6) is 0 Å². The maximum Gasteiger partial charge on any atom is 0.237 e. The van der Waals surface area contributed by atoms with Crippen molar-refractivity contribution in [2.24, 2.45) is 0 Å². The van der Waals surface area contributed by atoms with Gasteiger partial charge in [0.05, 0.1) is 25.4 Å². The minimum Gasteiger partial charge on any atom is -0.392 e. The highest BCUT2D eigenvalue weighted by atomic mass is 16.5. The molecule has 2 aliphatic heterocycles. The molecular formula is C17H25N3O3. The molecule has 23 heavy (non-hydrogen) atoms. The smallest absolute Gasteiger partial charge is 0.237 e. The highest BCUT2D eigenvalue weighted by Crippen LogP contribution is 2.11. The number of rotatable bonds is 5. The average Bonchev–Trinajstić information content (AvgIpc) is 3.01. The number of nitrogens with one attached hydrogen (secondary N) is 2. The van der Waals surface area contributed by atoms with Crippen molar-refractivity contribution in [2.75, 3.05) is 32.8 Å². The van der Waals surface area contributed by atoms with Gasteiger partial charge in [0.1, 0.15) is 0 Å². The Bertz CT molecular complexity index is 532. The highest BCUT2D eigenvalue weighted by Gasteiger charge is 2.27. The van der Waals surface area contributed by atoms with Crippen LogP contribution in [0.25, 0.3) is 0 Å². The van der Waals surface area contributed by atoms with Crippen molar-refractivity contribution in [3.05, 3.63) is 35.4 Å². The van der Waals surface area contributed by atoms with Gasteiger partial charge in [-0.25, -0.2) is 0 Å². The fraction of sp³-hybridized carbons (Fsp3) is 0.588. The first-order valence-corrected chi connectivity index (χ1v) is 8.28. The summed E-state index contributed by atoms with van der Waals surface area (Å²) in [5.74, 6) is -0.0415. The number of carbonyl (C=O) groups is 1. The number of aliphatic hydroxyl groups is 1. The van der Waals surface area contributed by atoms with Crippen LogP contribution >= 0.6 is 0 Å². The van der Waals surface area contributed by atoms with E-state index >= 15 is 0 Å². The highest BCUT2D eigenvalue weighted by molar-refractivity contribution is 5.82. The van der Waals surface area contributed by atoms with Gasteiger partial charge < -0.3 is 20.5 Å². The van der Waals surface area contributed by atoms with Crippen LogP contribution in [0.3, 0.4) is 0 Å². The van der Waals surface area contributed by atoms with Crippen LogP contribution in [0.1, 0.15) is 17.5 Å². The molecule has 2 atom stereocenters. The molecule has 0 saturated carbocycles. The third-order valence-corrected chi connectivity index (χ3v) is 4.39. The van der Waals surface area contributed by atoms with E-state index in [0.717, 1.165) is 38.4 Å². The molecule has 1 amide bonds. The molecule has 3 rings (SSSR count).